The van der Waals surface area contributed by atoms with Crippen LogP contribution in [0.2, 0.25) is 0 Å². The van der Waals surface area contributed by atoms with E-state index in [4.69, 9.17) is 14.2 Å². The van der Waals surface area contributed by atoms with Gasteiger partial charge in [0.1, 0.15) is 5.75 Å². The van der Waals surface area contributed by atoms with Crippen LogP contribution in [0.15, 0.2) is 77.8 Å². The van der Waals surface area contributed by atoms with Gasteiger partial charge in [0.05, 0.1) is 26.0 Å². The molecule has 5 nitrogen and oxygen atoms in total. The minimum Gasteiger partial charge on any atom is -0.493 e. The molecular formula is C24H24N2O3. The van der Waals surface area contributed by atoms with E-state index in [0.717, 1.165) is 43.3 Å². The summed E-state index contributed by atoms with van der Waals surface area (Å²) in [5, 5.41) is 0. The molecule has 29 heavy (non-hydrogen) atoms. The second-order valence-electron chi connectivity index (χ2n) is 6.70. The van der Waals surface area contributed by atoms with Crippen molar-refractivity contribution in [3.8, 4) is 17.2 Å². The quantitative estimate of drug-likeness (QED) is 0.553. The van der Waals surface area contributed by atoms with Crippen LogP contribution in [0.5, 0.6) is 17.2 Å². The summed E-state index contributed by atoms with van der Waals surface area (Å²) in [6.45, 7) is 3.47. The molecule has 148 valence electrons. The molecule has 1 aliphatic heterocycles. The van der Waals surface area contributed by atoms with Crippen molar-refractivity contribution in [2.75, 3.05) is 38.3 Å². The van der Waals surface area contributed by atoms with Gasteiger partial charge < -0.3 is 19.1 Å². The van der Waals surface area contributed by atoms with E-state index >= 15 is 0 Å². The van der Waals surface area contributed by atoms with Crippen LogP contribution in [0.25, 0.3) is 0 Å². The van der Waals surface area contributed by atoms with Crippen molar-refractivity contribution in [2.45, 2.75) is 0 Å². The van der Waals surface area contributed by atoms with Crippen molar-refractivity contribution < 1.29 is 14.2 Å². The average Bonchev–Trinajstić information content (AvgIpc) is 2.80. The molecule has 0 aliphatic carbocycles. The maximum atomic E-state index is 5.90. The Bertz CT molecular complexity index is 947. The fraction of sp³-hybridized carbons (Fsp3) is 0.208. The highest BCUT2D eigenvalue weighted by Crippen LogP contribution is 2.31. The van der Waals surface area contributed by atoms with E-state index in [1.54, 1.807) is 7.11 Å². The molecular weight excluding hydrogens is 364 g/mol. The van der Waals surface area contributed by atoms with Crippen LogP contribution in [0.3, 0.4) is 0 Å². The summed E-state index contributed by atoms with van der Waals surface area (Å²) in [5.41, 5.74) is 3.16. The number of nitrogens with zero attached hydrogens (tertiary/aromatic N) is 2. The molecule has 1 aliphatic rings. The molecule has 3 aromatic rings. The van der Waals surface area contributed by atoms with E-state index in [0.29, 0.717) is 11.5 Å². The van der Waals surface area contributed by atoms with Gasteiger partial charge in [-0.2, -0.15) is 0 Å². The zero-order valence-corrected chi connectivity index (χ0v) is 16.5. The second kappa shape index (κ2) is 9.26. The van der Waals surface area contributed by atoms with Crippen molar-refractivity contribution in [3.05, 3.63) is 78.4 Å². The van der Waals surface area contributed by atoms with Crippen molar-refractivity contribution >= 4 is 17.6 Å². The Balaban J connectivity index is 1.38. The largest absolute Gasteiger partial charge is 0.493 e. The molecule has 5 heteroatoms. The fourth-order valence-electron chi connectivity index (χ4n) is 3.17. The lowest BCUT2D eigenvalue weighted by Gasteiger charge is -2.28. The first-order valence-electron chi connectivity index (χ1n) is 9.69. The van der Waals surface area contributed by atoms with Crippen LogP contribution in [-0.4, -0.2) is 39.6 Å². The van der Waals surface area contributed by atoms with Gasteiger partial charge in [0.15, 0.2) is 11.5 Å². The molecule has 0 saturated carbocycles. The third-order valence-corrected chi connectivity index (χ3v) is 4.77. The Morgan fingerprint density at radius 2 is 1.55 bits per heavy atom. The van der Waals surface area contributed by atoms with Crippen molar-refractivity contribution in [3.63, 3.8) is 0 Å². The number of anilines is 1. The molecule has 0 bridgehead atoms. The average molecular weight is 388 g/mol. The maximum absolute atomic E-state index is 5.90. The van der Waals surface area contributed by atoms with Gasteiger partial charge in [0.25, 0.3) is 0 Å². The zero-order valence-electron chi connectivity index (χ0n) is 16.5. The van der Waals surface area contributed by atoms with E-state index in [1.165, 1.54) is 5.69 Å². The summed E-state index contributed by atoms with van der Waals surface area (Å²) in [6, 6.07) is 23.7. The van der Waals surface area contributed by atoms with Crippen LogP contribution in [0, 0.1) is 0 Å². The van der Waals surface area contributed by atoms with Crippen molar-refractivity contribution in [1.82, 2.24) is 0 Å². The zero-order chi connectivity index (χ0) is 19.9. The Morgan fingerprint density at radius 1 is 0.862 bits per heavy atom. The minimum absolute atomic E-state index is 0.687. The van der Waals surface area contributed by atoms with Crippen LogP contribution in [-0.2, 0) is 4.74 Å². The topological polar surface area (TPSA) is 43.3 Å². The summed E-state index contributed by atoms with van der Waals surface area (Å²) >= 11 is 0. The highest BCUT2D eigenvalue weighted by molar-refractivity contribution is 5.82. The fourth-order valence-corrected chi connectivity index (χ4v) is 3.17. The summed E-state index contributed by atoms with van der Waals surface area (Å²) in [6.07, 6.45) is 1.87. The van der Waals surface area contributed by atoms with Crippen LogP contribution in [0.1, 0.15) is 5.56 Å². The number of hydrogen-bond donors (Lipinski definition) is 0. The second-order valence-corrected chi connectivity index (χ2v) is 6.70. The minimum atomic E-state index is 0.687. The lowest BCUT2D eigenvalue weighted by atomic mass is 10.2. The molecule has 0 amide bonds. The summed E-state index contributed by atoms with van der Waals surface area (Å²) in [5.74, 6) is 2.13. The Kier molecular flexibility index (Phi) is 6.07. The number of rotatable bonds is 6. The third kappa shape index (κ3) is 4.95. The van der Waals surface area contributed by atoms with Gasteiger partial charge in [-0.1, -0.05) is 24.3 Å². The normalized spacial score (nSPS) is 14.2. The predicted octanol–water partition coefficient (Wildman–Crippen LogP) is 5.07. The molecule has 1 heterocycles. The Morgan fingerprint density at radius 3 is 2.24 bits per heavy atom. The van der Waals surface area contributed by atoms with Gasteiger partial charge in [0.2, 0.25) is 0 Å². The van der Waals surface area contributed by atoms with E-state index < -0.39 is 0 Å². The van der Waals surface area contributed by atoms with Crippen LogP contribution in [0.4, 0.5) is 11.4 Å². The number of benzene rings is 3. The van der Waals surface area contributed by atoms with E-state index in [2.05, 4.69) is 34.2 Å². The Hall–Kier alpha value is -3.31. The maximum Gasteiger partial charge on any atom is 0.169 e. The van der Waals surface area contributed by atoms with Crippen LogP contribution < -0.4 is 14.4 Å². The van der Waals surface area contributed by atoms with E-state index in [1.807, 2.05) is 54.7 Å². The first-order valence-corrected chi connectivity index (χ1v) is 9.69. The number of hydrogen-bond acceptors (Lipinski definition) is 5. The van der Waals surface area contributed by atoms with Gasteiger partial charge in [0, 0.05) is 25.0 Å². The third-order valence-electron chi connectivity index (χ3n) is 4.77. The van der Waals surface area contributed by atoms with Gasteiger partial charge in [-0.3, -0.25) is 4.99 Å². The lowest BCUT2D eigenvalue weighted by molar-refractivity contribution is 0.122. The van der Waals surface area contributed by atoms with Gasteiger partial charge >= 0.3 is 0 Å². The monoisotopic (exact) mass is 388 g/mol. The van der Waals surface area contributed by atoms with E-state index in [9.17, 15) is 0 Å². The molecule has 1 fully saturated rings. The van der Waals surface area contributed by atoms with Gasteiger partial charge in [-0.05, 0) is 54.1 Å². The first kappa shape index (κ1) is 19.0. The highest BCUT2D eigenvalue weighted by Gasteiger charge is 2.10. The molecule has 3 aromatic carbocycles. The summed E-state index contributed by atoms with van der Waals surface area (Å²) < 4.78 is 16.6. The Labute approximate surface area is 171 Å². The standard InChI is InChI=1S/C24H24N2O3/c1-27-23-4-2-3-5-24(23)29-22-12-8-20(9-13-22)25-18-19-6-10-21(11-7-19)26-14-16-28-17-15-26/h2-13,18H,14-17H2,1H3. The van der Waals surface area contributed by atoms with Crippen molar-refractivity contribution in [1.29, 1.82) is 0 Å². The number of methoxy groups -OCH3 is 1. The number of para-hydroxylation sites is 2. The lowest BCUT2D eigenvalue weighted by Crippen LogP contribution is -2.36. The van der Waals surface area contributed by atoms with Crippen molar-refractivity contribution in [2.24, 2.45) is 4.99 Å². The molecule has 0 aromatic heterocycles. The molecule has 0 N–H and O–H groups in total. The van der Waals surface area contributed by atoms with Gasteiger partial charge in [-0.25, -0.2) is 0 Å². The summed E-state index contributed by atoms with van der Waals surface area (Å²) in [4.78, 5) is 6.90. The highest BCUT2D eigenvalue weighted by atomic mass is 16.5. The number of morpholine rings is 1. The molecule has 4 rings (SSSR count). The smallest absolute Gasteiger partial charge is 0.169 e. The molecule has 0 radical (unpaired) electrons. The molecule has 0 unspecified atom stereocenters. The molecule has 1 saturated heterocycles. The predicted molar refractivity (Wildman–Crippen MR) is 116 cm³/mol. The molecule has 0 spiro atoms. The summed E-state index contributed by atoms with van der Waals surface area (Å²) in [7, 11) is 1.63. The van der Waals surface area contributed by atoms with Gasteiger partial charge in [-0.15, -0.1) is 0 Å². The molecule has 0 atom stereocenters. The first-order chi connectivity index (χ1) is 14.3. The number of ether oxygens (including phenoxy) is 3. The van der Waals surface area contributed by atoms with Crippen LogP contribution >= 0.6 is 0 Å². The SMILES string of the molecule is COc1ccccc1Oc1ccc(N=Cc2ccc(N3CCOCC3)cc2)cc1. The van der Waals surface area contributed by atoms with E-state index in [-0.39, 0.29) is 0 Å². The number of aliphatic imine (C=N–C) groups is 1.